The average molecular weight is 380 g/mol. The molecule has 1 saturated heterocycles. The number of nitrogens with one attached hydrogen (secondary N) is 2. The lowest BCUT2D eigenvalue weighted by Crippen LogP contribution is -2.45. The van der Waals surface area contributed by atoms with Gasteiger partial charge in [0.15, 0.2) is 0 Å². The van der Waals surface area contributed by atoms with Crippen LogP contribution >= 0.6 is 0 Å². The molecule has 0 unspecified atom stereocenters. The molecule has 2 N–H and O–H groups in total. The van der Waals surface area contributed by atoms with Gasteiger partial charge in [0.2, 0.25) is 5.91 Å². The Morgan fingerprint density at radius 3 is 2.11 bits per heavy atom. The Kier molecular flexibility index (Phi) is 6.34. The highest BCUT2D eigenvalue weighted by atomic mass is 16.2. The minimum Gasteiger partial charge on any atom is -0.356 e. The first-order valence-electron chi connectivity index (χ1n) is 9.96. The van der Waals surface area contributed by atoms with E-state index in [1.54, 1.807) is 4.90 Å². The summed E-state index contributed by atoms with van der Waals surface area (Å²) in [6.45, 7) is 6.26. The van der Waals surface area contributed by atoms with Gasteiger partial charge in [0.05, 0.1) is 5.92 Å². The van der Waals surface area contributed by atoms with Crippen LogP contribution in [0.5, 0.6) is 0 Å². The van der Waals surface area contributed by atoms with Crippen molar-refractivity contribution in [1.29, 1.82) is 0 Å². The zero-order chi connectivity index (χ0) is 20.0. The molecule has 1 aliphatic rings. The minimum absolute atomic E-state index is 0.0382. The van der Waals surface area contributed by atoms with Crippen molar-refractivity contribution in [2.45, 2.75) is 25.7 Å². The SMILES string of the molecule is CCNC(=O)[C@@H]1CCN(C(=O)NCC(C)(c2ccccc2)c2ccccc2)C1. The first-order chi connectivity index (χ1) is 13.5. The number of benzene rings is 2. The summed E-state index contributed by atoms with van der Waals surface area (Å²) in [6.07, 6.45) is 0.716. The Morgan fingerprint density at radius 1 is 1.00 bits per heavy atom. The first-order valence-corrected chi connectivity index (χ1v) is 9.96. The lowest BCUT2D eigenvalue weighted by molar-refractivity contribution is -0.124. The van der Waals surface area contributed by atoms with Gasteiger partial charge in [-0.05, 0) is 31.4 Å². The van der Waals surface area contributed by atoms with Gasteiger partial charge in [-0.25, -0.2) is 4.79 Å². The Labute approximate surface area is 167 Å². The van der Waals surface area contributed by atoms with Crippen LogP contribution in [-0.2, 0) is 10.2 Å². The predicted molar refractivity (Wildman–Crippen MR) is 111 cm³/mol. The van der Waals surface area contributed by atoms with E-state index < -0.39 is 0 Å². The van der Waals surface area contributed by atoms with Crippen LogP contribution < -0.4 is 10.6 Å². The molecule has 0 radical (unpaired) electrons. The number of nitrogens with zero attached hydrogens (tertiary/aromatic N) is 1. The molecule has 2 aromatic rings. The van der Waals surface area contributed by atoms with Crippen molar-refractivity contribution < 1.29 is 9.59 Å². The second kappa shape index (κ2) is 8.91. The molecule has 0 aromatic heterocycles. The highest BCUT2D eigenvalue weighted by Gasteiger charge is 2.33. The van der Waals surface area contributed by atoms with E-state index in [2.05, 4.69) is 41.8 Å². The number of carbonyl (C=O) groups excluding carboxylic acids is 2. The van der Waals surface area contributed by atoms with Crippen molar-refractivity contribution in [2.24, 2.45) is 5.92 Å². The van der Waals surface area contributed by atoms with Gasteiger partial charge < -0.3 is 15.5 Å². The van der Waals surface area contributed by atoms with Crippen molar-refractivity contribution in [2.75, 3.05) is 26.2 Å². The maximum Gasteiger partial charge on any atom is 0.317 e. The molecule has 3 amide bonds. The Morgan fingerprint density at radius 2 is 1.57 bits per heavy atom. The molecule has 28 heavy (non-hydrogen) atoms. The maximum absolute atomic E-state index is 12.8. The Bertz CT molecular complexity index is 753. The molecule has 148 valence electrons. The molecule has 3 rings (SSSR count). The number of likely N-dealkylation sites (tertiary alicyclic amines) is 1. The van der Waals surface area contributed by atoms with E-state index in [-0.39, 0.29) is 23.3 Å². The van der Waals surface area contributed by atoms with Gasteiger partial charge in [-0.1, -0.05) is 60.7 Å². The fraction of sp³-hybridized carbons (Fsp3) is 0.391. The Balaban J connectivity index is 1.69. The van der Waals surface area contributed by atoms with E-state index in [0.29, 0.717) is 32.6 Å². The number of amides is 3. The van der Waals surface area contributed by atoms with Crippen LogP contribution in [0.1, 0.15) is 31.4 Å². The zero-order valence-corrected chi connectivity index (χ0v) is 16.7. The van der Waals surface area contributed by atoms with Crippen molar-refractivity contribution in [3.63, 3.8) is 0 Å². The molecule has 2 aromatic carbocycles. The number of hydrogen-bond acceptors (Lipinski definition) is 2. The second-order valence-electron chi connectivity index (χ2n) is 7.55. The van der Waals surface area contributed by atoms with Crippen molar-refractivity contribution in [3.05, 3.63) is 71.8 Å². The normalized spacial score (nSPS) is 16.6. The van der Waals surface area contributed by atoms with E-state index in [1.807, 2.05) is 43.3 Å². The van der Waals surface area contributed by atoms with E-state index in [0.717, 1.165) is 11.1 Å². The van der Waals surface area contributed by atoms with E-state index in [9.17, 15) is 9.59 Å². The topological polar surface area (TPSA) is 61.4 Å². The molecule has 5 nitrogen and oxygen atoms in total. The van der Waals surface area contributed by atoms with Gasteiger partial charge in [0, 0.05) is 31.6 Å². The fourth-order valence-corrected chi connectivity index (χ4v) is 3.82. The molecule has 0 aliphatic carbocycles. The second-order valence-corrected chi connectivity index (χ2v) is 7.55. The van der Waals surface area contributed by atoms with Crippen LogP contribution in [0.3, 0.4) is 0 Å². The quantitative estimate of drug-likeness (QED) is 0.810. The van der Waals surface area contributed by atoms with Crippen LogP contribution in [0, 0.1) is 5.92 Å². The maximum atomic E-state index is 12.8. The average Bonchev–Trinajstić information content (AvgIpc) is 3.24. The van der Waals surface area contributed by atoms with Gasteiger partial charge in [0.25, 0.3) is 0 Å². The third-order valence-electron chi connectivity index (χ3n) is 5.61. The molecule has 5 heteroatoms. The molecule has 0 saturated carbocycles. The van der Waals surface area contributed by atoms with E-state index in [1.165, 1.54) is 0 Å². The molecule has 1 fully saturated rings. The molecule has 0 bridgehead atoms. The van der Waals surface area contributed by atoms with Crippen molar-refractivity contribution in [1.82, 2.24) is 15.5 Å². The number of hydrogen-bond donors (Lipinski definition) is 2. The van der Waals surface area contributed by atoms with E-state index in [4.69, 9.17) is 0 Å². The smallest absolute Gasteiger partial charge is 0.317 e. The van der Waals surface area contributed by atoms with Crippen LogP contribution in [0.15, 0.2) is 60.7 Å². The van der Waals surface area contributed by atoms with Gasteiger partial charge >= 0.3 is 6.03 Å². The summed E-state index contributed by atoms with van der Waals surface area (Å²) in [5, 5.41) is 5.96. The fourth-order valence-electron chi connectivity index (χ4n) is 3.82. The third kappa shape index (κ3) is 4.35. The summed E-state index contributed by atoms with van der Waals surface area (Å²) < 4.78 is 0. The van der Waals surface area contributed by atoms with Gasteiger partial charge in [-0.3, -0.25) is 4.79 Å². The summed E-state index contributed by atoms with van der Waals surface area (Å²) >= 11 is 0. The summed E-state index contributed by atoms with van der Waals surface area (Å²) in [6, 6.07) is 20.4. The minimum atomic E-state index is -0.336. The standard InChI is InChI=1S/C23H29N3O2/c1-3-24-21(27)18-14-15-26(16-18)22(28)25-17-23(2,19-10-6-4-7-11-19)20-12-8-5-9-13-20/h4-13,18H,3,14-17H2,1-2H3,(H,24,27)(H,25,28)/t18-/m1/s1. The van der Waals surface area contributed by atoms with Crippen LogP contribution in [0.2, 0.25) is 0 Å². The molecule has 1 atom stereocenters. The summed E-state index contributed by atoms with van der Waals surface area (Å²) in [4.78, 5) is 26.5. The lowest BCUT2D eigenvalue weighted by atomic mass is 9.76. The highest BCUT2D eigenvalue weighted by molar-refractivity contribution is 5.81. The highest BCUT2D eigenvalue weighted by Crippen LogP contribution is 2.31. The summed E-state index contributed by atoms with van der Waals surface area (Å²) in [5.41, 5.74) is 1.97. The predicted octanol–water partition coefficient (Wildman–Crippen LogP) is 3.16. The first kappa shape index (κ1) is 19.9. The van der Waals surface area contributed by atoms with E-state index >= 15 is 0 Å². The zero-order valence-electron chi connectivity index (χ0n) is 16.7. The number of carbonyl (C=O) groups is 2. The molecule has 0 spiro atoms. The van der Waals surface area contributed by atoms with Crippen molar-refractivity contribution in [3.8, 4) is 0 Å². The van der Waals surface area contributed by atoms with Crippen molar-refractivity contribution >= 4 is 11.9 Å². The monoisotopic (exact) mass is 379 g/mol. The largest absolute Gasteiger partial charge is 0.356 e. The van der Waals surface area contributed by atoms with Crippen LogP contribution in [-0.4, -0.2) is 43.0 Å². The summed E-state index contributed by atoms with van der Waals surface area (Å²) in [7, 11) is 0. The third-order valence-corrected chi connectivity index (χ3v) is 5.61. The lowest BCUT2D eigenvalue weighted by Gasteiger charge is -2.32. The number of rotatable bonds is 6. The molecule has 1 heterocycles. The summed E-state index contributed by atoms with van der Waals surface area (Å²) in [5.74, 6) is -0.0726. The molecular weight excluding hydrogens is 350 g/mol. The van der Waals surface area contributed by atoms with Gasteiger partial charge in [0.1, 0.15) is 0 Å². The molecular formula is C23H29N3O2. The van der Waals surface area contributed by atoms with Crippen LogP contribution in [0.25, 0.3) is 0 Å². The molecule has 1 aliphatic heterocycles. The van der Waals surface area contributed by atoms with Crippen LogP contribution in [0.4, 0.5) is 4.79 Å². The van der Waals surface area contributed by atoms with Gasteiger partial charge in [-0.15, -0.1) is 0 Å². The number of urea groups is 1. The Hall–Kier alpha value is -2.82. The van der Waals surface area contributed by atoms with Gasteiger partial charge in [-0.2, -0.15) is 0 Å².